The molecule has 0 saturated heterocycles. The van der Waals surface area contributed by atoms with E-state index in [2.05, 4.69) is 44.3 Å². The number of aryl methyl sites for hydroxylation is 1. The van der Waals surface area contributed by atoms with E-state index in [0.717, 1.165) is 13.0 Å². The fourth-order valence-corrected chi connectivity index (χ4v) is 1.75. The highest BCUT2D eigenvalue weighted by molar-refractivity contribution is 5.32. The molecule has 1 aromatic carbocycles. The molecular weight excluding hydrogens is 198 g/mol. The molecule has 90 valence electrons. The van der Waals surface area contributed by atoms with Crippen LogP contribution in [0.4, 0.5) is 0 Å². The number of hydrogen-bond acceptors (Lipinski definition) is 2. The van der Waals surface area contributed by atoms with Gasteiger partial charge in [0, 0.05) is 6.54 Å². The monoisotopic (exact) mass is 221 g/mol. The average Bonchev–Trinajstić information content (AvgIpc) is 2.26. The molecule has 0 saturated carbocycles. The minimum atomic E-state index is 0.213. The van der Waals surface area contributed by atoms with Crippen LogP contribution in [0.5, 0.6) is 0 Å². The van der Waals surface area contributed by atoms with Crippen molar-refractivity contribution < 1.29 is 5.11 Å². The SMILES string of the molecule is Cc1ccc(C(C)C)cc1CCNCCO. The van der Waals surface area contributed by atoms with E-state index in [1.807, 2.05) is 0 Å². The molecular formula is C14H23NO. The van der Waals surface area contributed by atoms with Crippen LogP contribution in [0, 0.1) is 6.92 Å². The van der Waals surface area contributed by atoms with Gasteiger partial charge in [-0.3, -0.25) is 0 Å². The van der Waals surface area contributed by atoms with Crippen LogP contribution in [0.15, 0.2) is 18.2 Å². The second-order valence-electron chi connectivity index (χ2n) is 4.56. The van der Waals surface area contributed by atoms with Gasteiger partial charge in [-0.15, -0.1) is 0 Å². The molecule has 0 fully saturated rings. The summed E-state index contributed by atoms with van der Waals surface area (Å²) in [4.78, 5) is 0. The van der Waals surface area contributed by atoms with Crippen molar-refractivity contribution in [2.75, 3.05) is 19.7 Å². The maximum atomic E-state index is 8.67. The third-order valence-corrected chi connectivity index (χ3v) is 2.90. The van der Waals surface area contributed by atoms with Gasteiger partial charge >= 0.3 is 0 Å². The van der Waals surface area contributed by atoms with Crippen molar-refractivity contribution in [2.45, 2.75) is 33.1 Å². The van der Waals surface area contributed by atoms with Gasteiger partial charge in [-0.25, -0.2) is 0 Å². The molecule has 1 aromatic rings. The smallest absolute Gasteiger partial charge is 0.0555 e. The Morgan fingerprint density at radius 1 is 1.25 bits per heavy atom. The summed E-state index contributed by atoms with van der Waals surface area (Å²) in [6.45, 7) is 8.43. The summed E-state index contributed by atoms with van der Waals surface area (Å²) in [5.74, 6) is 0.588. The van der Waals surface area contributed by atoms with E-state index in [-0.39, 0.29) is 6.61 Å². The lowest BCUT2D eigenvalue weighted by atomic mass is 9.96. The second kappa shape index (κ2) is 6.66. The fraction of sp³-hybridized carbons (Fsp3) is 0.571. The van der Waals surface area contributed by atoms with Crippen LogP contribution in [-0.2, 0) is 6.42 Å². The Morgan fingerprint density at radius 2 is 2.00 bits per heavy atom. The van der Waals surface area contributed by atoms with E-state index in [4.69, 9.17) is 5.11 Å². The minimum Gasteiger partial charge on any atom is -0.395 e. The Bertz CT molecular complexity index is 321. The summed E-state index contributed by atoms with van der Waals surface area (Å²) < 4.78 is 0. The van der Waals surface area contributed by atoms with Gasteiger partial charge in [0.2, 0.25) is 0 Å². The summed E-state index contributed by atoms with van der Waals surface area (Å²) >= 11 is 0. The second-order valence-corrected chi connectivity index (χ2v) is 4.56. The summed E-state index contributed by atoms with van der Waals surface area (Å²) in [6, 6.07) is 6.72. The molecule has 0 amide bonds. The predicted molar refractivity (Wildman–Crippen MR) is 68.9 cm³/mol. The van der Waals surface area contributed by atoms with E-state index < -0.39 is 0 Å². The molecule has 2 heteroatoms. The summed E-state index contributed by atoms with van der Waals surface area (Å²) in [5, 5.41) is 11.9. The number of nitrogens with one attached hydrogen (secondary N) is 1. The summed E-state index contributed by atoms with van der Waals surface area (Å²) in [6.07, 6.45) is 1.03. The van der Waals surface area contributed by atoms with Gasteiger partial charge in [-0.05, 0) is 42.5 Å². The number of benzene rings is 1. The Kier molecular flexibility index (Phi) is 5.50. The van der Waals surface area contributed by atoms with Crippen molar-refractivity contribution >= 4 is 0 Å². The molecule has 16 heavy (non-hydrogen) atoms. The lowest BCUT2D eigenvalue weighted by molar-refractivity contribution is 0.293. The van der Waals surface area contributed by atoms with Gasteiger partial charge in [0.05, 0.1) is 6.61 Å². The summed E-state index contributed by atoms with van der Waals surface area (Å²) in [5.41, 5.74) is 4.18. The lowest BCUT2D eigenvalue weighted by Gasteiger charge is -2.11. The molecule has 1 rings (SSSR count). The molecule has 0 bridgehead atoms. The molecule has 0 aliphatic heterocycles. The quantitative estimate of drug-likeness (QED) is 0.722. The molecule has 0 unspecified atom stereocenters. The molecule has 0 spiro atoms. The highest BCUT2D eigenvalue weighted by atomic mass is 16.3. The number of aliphatic hydroxyl groups excluding tert-OH is 1. The third kappa shape index (κ3) is 3.95. The first-order chi connectivity index (χ1) is 7.65. The third-order valence-electron chi connectivity index (χ3n) is 2.90. The average molecular weight is 221 g/mol. The van der Waals surface area contributed by atoms with Crippen LogP contribution in [0.1, 0.15) is 36.5 Å². The maximum Gasteiger partial charge on any atom is 0.0555 e. The zero-order chi connectivity index (χ0) is 12.0. The Morgan fingerprint density at radius 3 is 2.62 bits per heavy atom. The zero-order valence-corrected chi connectivity index (χ0v) is 10.6. The molecule has 0 aromatic heterocycles. The number of rotatable bonds is 6. The molecule has 0 aliphatic carbocycles. The van der Waals surface area contributed by atoms with Crippen LogP contribution < -0.4 is 5.32 Å². The van der Waals surface area contributed by atoms with Crippen molar-refractivity contribution in [3.8, 4) is 0 Å². The van der Waals surface area contributed by atoms with E-state index in [1.54, 1.807) is 0 Å². The first-order valence-corrected chi connectivity index (χ1v) is 6.06. The maximum absolute atomic E-state index is 8.67. The number of aliphatic hydroxyl groups is 1. The first-order valence-electron chi connectivity index (χ1n) is 6.06. The van der Waals surface area contributed by atoms with Gasteiger partial charge in [-0.1, -0.05) is 32.0 Å². The molecule has 0 atom stereocenters. The van der Waals surface area contributed by atoms with Crippen LogP contribution in [0.2, 0.25) is 0 Å². The highest BCUT2D eigenvalue weighted by Gasteiger charge is 2.03. The van der Waals surface area contributed by atoms with E-state index >= 15 is 0 Å². The number of hydrogen-bond donors (Lipinski definition) is 2. The largest absolute Gasteiger partial charge is 0.395 e. The predicted octanol–water partition coefficient (Wildman–Crippen LogP) is 2.24. The van der Waals surface area contributed by atoms with E-state index in [0.29, 0.717) is 12.5 Å². The van der Waals surface area contributed by atoms with Gasteiger partial charge in [0.25, 0.3) is 0 Å². The van der Waals surface area contributed by atoms with E-state index in [9.17, 15) is 0 Å². The van der Waals surface area contributed by atoms with Crippen LogP contribution >= 0.6 is 0 Å². The van der Waals surface area contributed by atoms with Crippen LogP contribution in [0.3, 0.4) is 0 Å². The van der Waals surface area contributed by atoms with Crippen LogP contribution in [-0.4, -0.2) is 24.8 Å². The zero-order valence-electron chi connectivity index (χ0n) is 10.6. The van der Waals surface area contributed by atoms with Crippen LogP contribution in [0.25, 0.3) is 0 Å². The first kappa shape index (κ1) is 13.2. The van der Waals surface area contributed by atoms with E-state index in [1.165, 1.54) is 16.7 Å². The molecule has 2 N–H and O–H groups in total. The Balaban J connectivity index is 2.60. The highest BCUT2D eigenvalue weighted by Crippen LogP contribution is 2.18. The van der Waals surface area contributed by atoms with Crippen molar-refractivity contribution in [3.63, 3.8) is 0 Å². The molecule has 0 aliphatic rings. The van der Waals surface area contributed by atoms with Gasteiger partial charge in [0.1, 0.15) is 0 Å². The Hall–Kier alpha value is -0.860. The van der Waals surface area contributed by atoms with Crippen molar-refractivity contribution in [1.82, 2.24) is 5.32 Å². The fourth-order valence-electron chi connectivity index (χ4n) is 1.75. The van der Waals surface area contributed by atoms with Gasteiger partial charge in [-0.2, -0.15) is 0 Å². The van der Waals surface area contributed by atoms with Gasteiger partial charge < -0.3 is 10.4 Å². The summed E-state index contributed by atoms with van der Waals surface area (Å²) in [7, 11) is 0. The Labute approximate surface area is 98.7 Å². The molecule has 2 nitrogen and oxygen atoms in total. The van der Waals surface area contributed by atoms with Gasteiger partial charge in [0.15, 0.2) is 0 Å². The normalized spacial score (nSPS) is 11.1. The molecule has 0 radical (unpaired) electrons. The lowest BCUT2D eigenvalue weighted by Crippen LogP contribution is -2.21. The minimum absolute atomic E-state index is 0.213. The van der Waals surface area contributed by atoms with Crippen molar-refractivity contribution in [1.29, 1.82) is 0 Å². The topological polar surface area (TPSA) is 32.3 Å². The van der Waals surface area contributed by atoms with Crippen molar-refractivity contribution in [3.05, 3.63) is 34.9 Å². The van der Waals surface area contributed by atoms with Crippen molar-refractivity contribution in [2.24, 2.45) is 0 Å². The molecule has 0 heterocycles. The standard InChI is InChI=1S/C14H23NO/c1-11(2)13-5-4-12(3)14(10-13)6-7-15-8-9-16/h4-5,10-11,15-16H,6-9H2,1-3H3.